The second-order valence-electron chi connectivity index (χ2n) is 4.98. The fraction of sp³-hybridized carbons (Fsp3) is 0.438. The molecule has 0 aliphatic carbocycles. The molecule has 6 heteroatoms. The summed E-state index contributed by atoms with van der Waals surface area (Å²) < 4.78 is 11.8. The van der Waals surface area contributed by atoms with Gasteiger partial charge in [0, 0.05) is 23.9 Å². The van der Waals surface area contributed by atoms with Crippen molar-refractivity contribution in [1.82, 2.24) is 14.5 Å². The lowest BCUT2D eigenvalue weighted by Crippen LogP contribution is -2.23. The van der Waals surface area contributed by atoms with Gasteiger partial charge in [0.15, 0.2) is 0 Å². The van der Waals surface area contributed by atoms with E-state index in [1.165, 1.54) is 11.7 Å². The van der Waals surface area contributed by atoms with Crippen LogP contribution in [0, 0.1) is 6.92 Å². The van der Waals surface area contributed by atoms with Gasteiger partial charge in [-0.3, -0.25) is 4.79 Å². The zero-order valence-electron chi connectivity index (χ0n) is 13.4. The molecule has 0 saturated heterocycles. The van der Waals surface area contributed by atoms with Crippen LogP contribution in [0.2, 0.25) is 0 Å². The second kappa shape index (κ2) is 7.06. The minimum atomic E-state index is -0.151. The van der Waals surface area contributed by atoms with Crippen molar-refractivity contribution in [2.75, 3.05) is 14.2 Å². The topological polar surface area (TPSA) is 66.2 Å². The fourth-order valence-corrected chi connectivity index (χ4v) is 2.23. The molecule has 0 saturated carbocycles. The van der Waals surface area contributed by atoms with Crippen molar-refractivity contribution in [2.24, 2.45) is 0 Å². The Morgan fingerprint density at radius 2 is 1.91 bits per heavy atom. The van der Waals surface area contributed by atoms with E-state index in [1.54, 1.807) is 32.2 Å². The summed E-state index contributed by atoms with van der Waals surface area (Å²) in [4.78, 5) is 21.2. The fourth-order valence-electron chi connectivity index (χ4n) is 2.23. The average Bonchev–Trinajstić information content (AvgIpc) is 2.51. The van der Waals surface area contributed by atoms with E-state index < -0.39 is 0 Å². The minimum absolute atomic E-state index is 0.151. The van der Waals surface area contributed by atoms with Gasteiger partial charge in [0.2, 0.25) is 5.88 Å². The highest BCUT2D eigenvalue weighted by Crippen LogP contribution is 2.21. The smallest absolute Gasteiger partial charge is 0.259 e. The molecule has 118 valence electrons. The standard InChI is InChI=1S/C16H21N3O3/c1-5-6-7-12-8-16(20)19(11(2)17-12)14-9-13(21-3)10-15(18-14)22-4/h8-10H,5-7H2,1-4H3. The van der Waals surface area contributed by atoms with E-state index in [2.05, 4.69) is 16.9 Å². The van der Waals surface area contributed by atoms with Crippen LogP contribution in [-0.2, 0) is 6.42 Å². The molecule has 0 atom stereocenters. The summed E-state index contributed by atoms with van der Waals surface area (Å²) >= 11 is 0. The van der Waals surface area contributed by atoms with E-state index in [-0.39, 0.29) is 5.56 Å². The highest BCUT2D eigenvalue weighted by molar-refractivity contribution is 5.38. The Morgan fingerprint density at radius 3 is 2.50 bits per heavy atom. The number of ether oxygens (including phenoxy) is 2. The normalized spacial score (nSPS) is 10.5. The van der Waals surface area contributed by atoms with Gasteiger partial charge < -0.3 is 9.47 Å². The molecule has 0 aromatic carbocycles. The monoisotopic (exact) mass is 303 g/mol. The van der Waals surface area contributed by atoms with Gasteiger partial charge >= 0.3 is 0 Å². The van der Waals surface area contributed by atoms with Crippen LogP contribution in [0.25, 0.3) is 5.82 Å². The van der Waals surface area contributed by atoms with Gasteiger partial charge in [-0.15, -0.1) is 0 Å². The quantitative estimate of drug-likeness (QED) is 0.819. The first kappa shape index (κ1) is 16.0. The highest BCUT2D eigenvalue weighted by Gasteiger charge is 2.11. The Morgan fingerprint density at radius 1 is 1.14 bits per heavy atom. The van der Waals surface area contributed by atoms with Gasteiger partial charge in [0.25, 0.3) is 5.56 Å². The number of aryl methyl sites for hydroxylation is 2. The van der Waals surface area contributed by atoms with E-state index in [1.807, 2.05) is 0 Å². The summed E-state index contributed by atoms with van der Waals surface area (Å²) in [5.41, 5.74) is 0.664. The van der Waals surface area contributed by atoms with Gasteiger partial charge in [-0.25, -0.2) is 9.55 Å². The van der Waals surface area contributed by atoms with Crippen LogP contribution in [0.3, 0.4) is 0 Å². The Labute approximate surface area is 129 Å². The molecule has 2 aromatic rings. The van der Waals surface area contributed by atoms with Crippen molar-refractivity contribution < 1.29 is 9.47 Å². The number of hydrogen-bond acceptors (Lipinski definition) is 5. The Kier molecular flexibility index (Phi) is 5.14. The number of aromatic nitrogens is 3. The second-order valence-corrected chi connectivity index (χ2v) is 4.98. The lowest BCUT2D eigenvalue weighted by Gasteiger charge is -2.12. The third kappa shape index (κ3) is 3.44. The first-order chi connectivity index (χ1) is 10.6. The Hall–Kier alpha value is -2.37. The lowest BCUT2D eigenvalue weighted by atomic mass is 10.2. The summed E-state index contributed by atoms with van der Waals surface area (Å²) in [6.45, 7) is 3.91. The van der Waals surface area contributed by atoms with Crippen molar-refractivity contribution in [2.45, 2.75) is 33.1 Å². The molecule has 2 heterocycles. The van der Waals surface area contributed by atoms with E-state index in [9.17, 15) is 4.79 Å². The number of rotatable bonds is 6. The summed E-state index contributed by atoms with van der Waals surface area (Å²) in [5.74, 6) is 1.99. The number of pyridine rings is 1. The van der Waals surface area contributed by atoms with E-state index >= 15 is 0 Å². The number of methoxy groups -OCH3 is 2. The maximum atomic E-state index is 12.4. The third-order valence-corrected chi connectivity index (χ3v) is 3.36. The van der Waals surface area contributed by atoms with Crippen molar-refractivity contribution in [1.29, 1.82) is 0 Å². The first-order valence-corrected chi connectivity index (χ1v) is 7.29. The summed E-state index contributed by atoms with van der Waals surface area (Å²) in [6.07, 6.45) is 2.89. The van der Waals surface area contributed by atoms with Gasteiger partial charge in [-0.2, -0.15) is 4.98 Å². The van der Waals surface area contributed by atoms with Crippen LogP contribution in [0.4, 0.5) is 0 Å². The predicted octanol–water partition coefficient (Wildman–Crippen LogP) is 2.30. The molecule has 6 nitrogen and oxygen atoms in total. The molecule has 0 spiro atoms. The zero-order valence-corrected chi connectivity index (χ0v) is 13.4. The van der Waals surface area contributed by atoms with Crippen LogP contribution in [0.5, 0.6) is 11.6 Å². The summed E-state index contributed by atoms with van der Waals surface area (Å²) in [6, 6.07) is 4.91. The van der Waals surface area contributed by atoms with Gasteiger partial charge in [-0.1, -0.05) is 13.3 Å². The molecule has 0 unspecified atom stereocenters. The molecule has 0 bridgehead atoms. The van der Waals surface area contributed by atoms with Crippen LogP contribution >= 0.6 is 0 Å². The average molecular weight is 303 g/mol. The van der Waals surface area contributed by atoms with Crippen molar-refractivity contribution in [3.8, 4) is 17.4 Å². The SMILES string of the molecule is CCCCc1cc(=O)n(-c2cc(OC)cc(OC)n2)c(C)n1. The van der Waals surface area contributed by atoms with Crippen molar-refractivity contribution in [3.05, 3.63) is 40.1 Å². The predicted molar refractivity (Wildman–Crippen MR) is 84.1 cm³/mol. The van der Waals surface area contributed by atoms with E-state index in [0.29, 0.717) is 23.3 Å². The van der Waals surface area contributed by atoms with Crippen LogP contribution < -0.4 is 15.0 Å². The minimum Gasteiger partial charge on any atom is -0.496 e. The molecule has 0 N–H and O–H groups in total. The molecule has 2 rings (SSSR count). The largest absolute Gasteiger partial charge is 0.496 e. The maximum Gasteiger partial charge on any atom is 0.259 e. The van der Waals surface area contributed by atoms with Gasteiger partial charge in [0.1, 0.15) is 17.4 Å². The maximum absolute atomic E-state index is 12.4. The molecule has 0 fully saturated rings. The van der Waals surface area contributed by atoms with Crippen molar-refractivity contribution in [3.63, 3.8) is 0 Å². The summed E-state index contributed by atoms with van der Waals surface area (Å²) in [7, 11) is 3.08. The van der Waals surface area contributed by atoms with Crippen molar-refractivity contribution >= 4 is 0 Å². The summed E-state index contributed by atoms with van der Waals surface area (Å²) in [5, 5.41) is 0. The zero-order chi connectivity index (χ0) is 16.1. The third-order valence-electron chi connectivity index (χ3n) is 3.36. The molecule has 22 heavy (non-hydrogen) atoms. The molecule has 0 aliphatic rings. The molecule has 0 amide bonds. The number of nitrogens with zero attached hydrogens (tertiary/aromatic N) is 3. The Balaban J connectivity index is 2.51. The first-order valence-electron chi connectivity index (χ1n) is 7.29. The molecule has 0 radical (unpaired) electrons. The van der Waals surface area contributed by atoms with E-state index in [0.717, 1.165) is 25.0 Å². The highest BCUT2D eigenvalue weighted by atomic mass is 16.5. The van der Waals surface area contributed by atoms with Crippen LogP contribution in [0.15, 0.2) is 23.0 Å². The van der Waals surface area contributed by atoms with Crippen LogP contribution in [0.1, 0.15) is 31.3 Å². The van der Waals surface area contributed by atoms with Gasteiger partial charge in [-0.05, 0) is 19.8 Å². The van der Waals surface area contributed by atoms with E-state index in [4.69, 9.17) is 9.47 Å². The molecule has 0 aliphatic heterocycles. The lowest BCUT2D eigenvalue weighted by molar-refractivity contribution is 0.381. The number of unbranched alkanes of at least 4 members (excludes halogenated alkanes) is 1. The number of hydrogen-bond donors (Lipinski definition) is 0. The molecule has 2 aromatic heterocycles. The Bertz CT molecular complexity index is 688. The molecular weight excluding hydrogens is 282 g/mol. The molecular formula is C16H21N3O3. The van der Waals surface area contributed by atoms with Gasteiger partial charge in [0.05, 0.1) is 14.2 Å². The van der Waals surface area contributed by atoms with Crippen LogP contribution in [-0.4, -0.2) is 28.8 Å².